The summed E-state index contributed by atoms with van der Waals surface area (Å²) < 4.78 is 41.4. The fraction of sp³-hybridized carbons (Fsp3) is 0.483. The number of benzene rings is 2. The normalized spacial score (nSPS) is 17.1. The lowest BCUT2D eigenvalue weighted by Crippen LogP contribution is -2.51. The highest BCUT2D eigenvalue weighted by atomic mass is 19.1. The van der Waals surface area contributed by atoms with Crippen molar-refractivity contribution in [1.29, 1.82) is 0 Å². The van der Waals surface area contributed by atoms with Gasteiger partial charge in [-0.05, 0) is 42.5 Å². The Kier molecular flexibility index (Phi) is 9.20. The van der Waals surface area contributed by atoms with Crippen molar-refractivity contribution in [3.05, 3.63) is 70.5 Å². The number of likely N-dealkylation sites (tertiary alicyclic amines) is 1. The van der Waals surface area contributed by atoms with Gasteiger partial charge in [0.1, 0.15) is 17.5 Å². The minimum absolute atomic E-state index is 0. The van der Waals surface area contributed by atoms with Crippen molar-refractivity contribution < 1.29 is 30.4 Å². The first-order valence-corrected chi connectivity index (χ1v) is 13.3. The summed E-state index contributed by atoms with van der Waals surface area (Å²) in [5.41, 5.74) is 0.919. The Labute approximate surface area is 223 Å². The van der Waals surface area contributed by atoms with Gasteiger partial charge in [-0.15, -0.1) is 0 Å². The number of amides is 2. The Bertz CT molecular complexity index is 1190. The number of nitrogens with one attached hydrogen (secondary N) is 2. The second kappa shape index (κ2) is 12.6. The third kappa shape index (κ3) is 6.62. The molecular formula is C29H38F3N3O3. The van der Waals surface area contributed by atoms with E-state index in [1.807, 2.05) is 0 Å². The molecule has 0 radical (unpaired) electrons. The highest BCUT2D eigenvalue weighted by molar-refractivity contribution is 5.98. The molecular weight excluding hydrogens is 495 g/mol. The van der Waals surface area contributed by atoms with E-state index in [2.05, 4.69) is 10.6 Å². The lowest BCUT2D eigenvalue weighted by molar-refractivity contribution is -0.134. The zero-order chi connectivity index (χ0) is 27.2. The zero-order valence-electron chi connectivity index (χ0n) is 21.6. The summed E-state index contributed by atoms with van der Waals surface area (Å²) in [6.45, 7) is 2.68. The molecule has 1 aliphatic heterocycles. The van der Waals surface area contributed by atoms with Crippen molar-refractivity contribution in [1.82, 2.24) is 15.5 Å². The van der Waals surface area contributed by atoms with E-state index in [1.54, 1.807) is 17.9 Å². The number of nitrogens with zero attached hydrogens (tertiary/aromatic N) is 1. The smallest absolute Gasteiger partial charge is 0.254 e. The third-order valence-corrected chi connectivity index (χ3v) is 7.65. The molecule has 1 atom stereocenters. The summed E-state index contributed by atoms with van der Waals surface area (Å²) in [6.07, 6.45) is 5.22. The molecule has 0 unspecified atom stereocenters. The summed E-state index contributed by atoms with van der Waals surface area (Å²) in [5.74, 6) is -2.75. The van der Waals surface area contributed by atoms with E-state index in [0.29, 0.717) is 19.5 Å². The molecule has 2 aromatic rings. The van der Waals surface area contributed by atoms with Crippen molar-refractivity contribution in [2.45, 2.75) is 64.0 Å². The Morgan fingerprint density at radius 2 is 1.74 bits per heavy atom. The minimum atomic E-state index is -0.672. The van der Waals surface area contributed by atoms with Gasteiger partial charge >= 0.3 is 0 Å². The maximum atomic E-state index is 14.6. The predicted octanol–water partition coefficient (Wildman–Crippen LogP) is 4.97. The van der Waals surface area contributed by atoms with Crippen molar-refractivity contribution in [3.63, 3.8) is 0 Å². The number of rotatable bonds is 10. The largest absolute Gasteiger partial charge is 0.342 e. The molecule has 0 aromatic heterocycles. The second-order valence-corrected chi connectivity index (χ2v) is 10.2. The van der Waals surface area contributed by atoms with E-state index in [1.165, 1.54) is 18.2 Å². The molecule has 2 N–H and O–H groups in total. The van der Waals surface area contributed by atoms with Gasteiger partial charge in [0, 0.05) is 46.5 Å². The van der Waals surface area contributed by atoms with E-state index in [-0.39, 0.29) is 50.6 Å². The zero-order valence-corrected chi connectivity index (χ0v) is 21.6. The molecule has 4 rings (SSSR count). The molecule has 0 spiro atoms. The van der Waals surface area contributed by atoms with Gasteiger partial charge in [-0.25, -0.2) is 13.2 Å². The van der Waals surface area contributed by atoms with Gasteiger partial charge in [-0.2, -0.15) is 0 Å². The first kappa shape index (κ1) is 27.8. The molecule has 2 aliphatic rings. The van der Waals surface area contributed by atoms with Crippen molar-refractivity contribution in [2.75, 3.05) is 19.6 Å². The maximum Gasteiger partial charge on any atom is 0.254 e. The van der Waals surface area contributed by atoms with Crippen LogP contribution < -0.4 is 10.6 Å². The van der Waals surface area contributed by atoms with Crippen LogP contribution in [-0.4, -0.2) is 48.2 Å². The quantitative estimate of drug-likeness (QED) is 0.452. The highest BCUT2D eigenvalue weighted by Gasteiger charge is 2.33. The van der Waals surface area contributed by atoms with Gasteiger partial charge in [0.2, 0.25) is 5.91 Å². The summed E-state index contributed by atoms with van der Waals surface area (Å²) in [5, 5.41) is 5.69. The average molecular weight is 534 g/mol. The number of carbonyl (C=O) groups is 3. The number of hydrogen-bond donors (Lipinski definition) is 2. The van der Waals surface area contributed by atoms with Crippen LogP contribution in [0.25, 0.3) is 0 Å². The first-order chi connectivity index (χ1) is 18.3. The number of Topliss-reactive ketones (excluding diaryl/α,β-unsaturated/α-hetero) is 1. The van der Waals surface area contributed by atoms with Crippen LogP contribution in [0.1, 0.15) is 75.7 Å². The Hall–Kier alpha value is -3.20. The van der Waals surface area contributed by atoms with Gasteiger partial charge in [0.25, 0.3) is 5.91 Å². The molecule has 0 bridgehead atoms. The maximum absolute atomic E-state index is 14.6. The topological polar surface area (TPSA) is 78.5 Å². The number of carbonyl (C=O) groups excluding carboxylic acids is 3. The minimum Gasteiger partial charge on any atom is -0.342 e. The number of ketones is 1. The Morgan fingerprint density at radius 1 is 1.00 bits per heavy atom. The number of halogens is 3. The van der Waals surface area contributed by atoms with Crippen LogP contribution in [0.15, 0.2) is 36.4 Å². The predicted molar refractivity (Wildman–Crippen MR) is 141 cm³/mol. The molecule has 1 heterocycles. The van der Waals surface area contributed by atoms with Gasteiger partial charge in [-0.3, -0.25) is 14.4 Å². The monoisotopic (exact) mass is 533 g/mol. The molecule has 1 saturated carbocycles. The van der Waals surface area contributed by atoms with Crippen LogP contribution in [0.2, 0.25) is 0 Å². The van der Waals surface area contributed by atoms with Crippen LogP contribution in [-0.2, 0) is 16.1 Å². The van der Waals surface area contributed by atoms with Gasteiger partial charge in [0.15, 0.2) is 5.78 Å². The van der Waals surface area contributed by atoms with Crippen LogP contribution >= 0.6 is 0 Å². The summed E-state index contributed by atoms with van der Waals surface area (Å²) in [7, 11) is 0. The molecule has 6 nitrogen and oxygen atoms in total. The Morgan fingerprint density at radius 3 is 2.42 bits per heavy atom. The average Bonchev–Trinajstić information content (AvgIpc) is 2.88. The molecule has 208 valence electrons. The second-order valence-electron chi connectivity index (χ2n) is 10.2. The van der Waals surface area contributed by atoms with Gasteiger partial charge < -0.3 is 15.5 Å². The molecule has 38 heavy (non-hydrogen) atoms. The van der Waals surface area contributed by atoms with Crippen molar-refractivity contribution in [3.8, 4) is 0 Å². The summed E-state index contributed by atoms with van der Waals surface area (Å²) >= 11 is 0. The lowest BCUT2D eigenvalue weighted by atomic mass is 9.81. The fourth-order valence-electron chi connectivity index (χ4n) is 5.31. The van der Waals surface area contributed by atoms with Crippen LogP contribution in [0.3, 0.4) is 0 Å². The van der Waals surface area contributed by atoms with Crippen LogP contribution in [0.4, 0.5) is 13.2 Å². The first-order valence-electron chi connectivity index (χ1n) is 13.3. The Balaban J connectivity index is 0.00000280. The van der Waals surface area contributed by atoms with Crippen LogP contribution in [0, 0.1) is 23.4 Å². The molecule has 1 saturated heterocycles. The standard InChI is InChI=1S/C29H34F3N3O3.2H2/c1-2-26(36)28(18-6-4-3-5-7-18)34-29(38)23-12-19(9-11-24(23)31)21-16-35(17-21)27(37)15-33-14-20-8-10-22(30)13-25(20)32;;/h8-13,18,21,28,33H,2-7,14-17H2,1H3,(H,34,38);2*1H/t28-;;/m1../s1. The molecule has 1 aliphatic carbocycles. The van der Waals surface area contributed by atoms with E-state index >= 15 is 0 Å². The van der Waals surface area contributed by atoms with E-state index in [9.17, 15) is 27.6 Å². The van der Waals surface area contributed by atoms with Gasteiger partial charge in [0.05, 0.1) is 18.2 Å². The number of hydrogen-bond acceptors (Lipinski definition) is 4. The van der Waals surface area contributed by atoms with Gasteiger partial charge in [-0.1, -0.05) is 38.3 Å². The molecule has 2 aromatic carbocycles. The molecule has 2 fully saturated rings. The van der Waals surface area contributed by atoms with E-state index in [0.717, 1.165) is 49.8 Å². The van der Waals surface area contributed by atoms with E-state index in [4.69, 9.17) is 0 Å². The molecule has 2 amide bonds. The summed E-state index contributed by atoms with van der Waals surface area (Å²) in [4.78, 5) is 39.7. The van der Waals surface area contributed by atoms with E-state index < -0.39 is 29.4 Å². The van der Waals surface area contributed by atoms with Crippen molar-refractivity contribution >= 4 is 17.6 Å². The highest BCUT2D eigenvalue weighted by Crippen LogP contribution is 2.30. The third-order valence-electron chi connectivity index (χ3n) is 7.65. The lowest BCUT2D eigenvalue weighted by Gasteiger charge is -2.40. The SMILES string of the molecule is CCC(=O)[C@H](NC(=O)c1cc(C2CN(C(=O)CNCc3ccc(F)cc3F)C2)ccc1F)C1CCCCC1.[HH].[HH]. The molecule has 9 heteroatoms. The summed E-state index contributed by atoms with van der Waals surface area (Å²) in [6, 6.07) is 7.07. The van der Waals surface area contributed by atoms with Crippen molar-refractivity contribution in [2.24, 2.45) is 5.92 Å². The fourth-order valence-corrected chi connectivity index (χ4v) is 5.31. The van der Waals surface area contributed by atoms with Crippen LogP contribution in [0.5, 0.6) is 0 Å².